The lowest BCUT2D eigenvalue weighted by atomic mass is 10.1. The summed E-state index contributed by atoms with van der Waals surface area (Å²) in [5.41, 5.74) is 3.67. The number of benzene rings is 2. The van der Waals surface area contributed by atoms with Crippen molar-refractivity contribution in [2.24, 2.45) is 0 Å². The Balaban J connectivity index is 1.45. The Morgan fingerprint density at radius 3 is 2.64 bits per heavy atom. The van der Waals surface area contributed by atoms with Crippen LogP contribution < -0.4 is 5.32 Å². The topological polar surface area (TPSA) is 72.7 Å². The summed E-state index contributed by atoms with van der Waals surface area (Å²) in [4.78, 5) is 25.7. The molecule has 6 heteroatoms. The van der Waals surface area contributed by atoms with Crippen LogP contribution in [0.5, 0.6) is 0 Å². The third kappa shape index (κ3) is 4.06. The molecule has 4 rings (SSSR count). The highest BCUT2D eigenvalue weighted by atomic mass is 16.1. The maximum Gasteiger partial charge on any atom is 0.240 e. The van der Waals surface area contributed by atoms with E-state index in [-0.39, 0.29) is 12.5 Å². The molecule has 28 heavy (non-hydrogen) atoms. The van der Waals surface area contributed by atoms with Crippen LogP contribution in [0.25, 0.3) is 22.6 Å². The van der Waals surface area contributed by atoms with Gasteiger partial charge >= 0.3 is 0 Å². The molecule has 0 fully saturated rings. The van der Waals surface area contributed by atoms with Crippen LogP contribution in [0.2, 0.25) is 0 Å². The van der Waals surface area contributed by atoms with E-state index in [1.165, 1.54) is 5.56 Å². The maximum atomic E-state index is 12.6. The largest absolute Gasteiger partial charge is 0.355 e. The summed E-state index contributed by atoms with van der Waals surface area (Å²) in [5.74, 6) is 0.607. The van der Waals surface area contributed by atoms with Gasteiger partial charge in [0.05, 0.1) is 17.2 Å². The van der Waals surface area contributed by atoms with Crippen LogP contribution in [0.15, 0.2) is 73.2 Å². The quantitative estimate of drug-likeness (QED) is 0.506. The number of aryl methyl sites for hydroxylation is 1. The van der Waals surface area contributed by atoms with Crippen LogP contribution in [-0.2, 0) is 17.8 Å². The molecule has 1 amide bonds. The van der Waals surface area contributed by atoms with Crippen LogP contribution in [0.4, 0.5) is 0 Å². The Morgan fingerprint density at radius 1 is 1.00 bits per heavy atom. The number of rotatable bonds is 7. The zero-order chi connectivity index (χ0) is 19.2. The number of nitrogens with zero attached hydrogens (tertiary/aromatic N) is 4. The van der Waals surface area contributed by atoms with Gasteiger partial charge in [-0.25, -0.2) is 9.97 Å². The third-order valence-electron chi connectivity index (χ3n) is 4.56. The molecule has 4 aromatic rings. The summed E-state index contributed by atoms with van der Waals surface area (Å²) < 4.78 is 1.89. The zero-order valence-electron chi connectivity index (χ0n) is 15.5. The molecule has 0 atom stereocenters. The fourth-order valence-corrected chi connectivity index (χ4v) is 3.21. The Bertz CT molecular complexity index is 1060. The second kappa shape index (κ2) is 8.43. The Labute approximate surface area is 163 Å². The molecule has 0 spiro atoms. The highest BCUT2D eigenvalue weighted by Crippen LogP contribution is 2.22. The fourth-order valence-electron chi connectivity index (χ4n) is 3.21. The number of carbonyl (C=O) groups excluding carboxylic acids is 1. The SMILES string of the molecule is O=C(Cn1c(-c2cnccn2)nc2ccccc21)NCCCc1ccccc1. The monoisotopic (exact) mass is 371 g/mol. The fraction of sp³-hybridized carbons (Fsp3) is 0.182. The Kier molecular flexibility index (Phi) is 5.38. The van der Waals surface area contributed by atoms with Crippen molar-refractivity contribution in [3.8, 4) is 11.5 Å². The summed E-state index contributed by atoms with van der Waals surface area (Å²) >= 11 is 0. The molecule has 0 radical (unpaired) electrons. The number of para-hydroxylation sites is 2. The van der Waals surface area contributed by atoms with Crippen LogP contribution in [0.1, 0.15) is 12.0 Å². The molecule has 0 aliphatic rings. The molecule has 2 aromatic carbocycles. The van der Waals surface area contributed by atoms with E-state index in [1.807, 2.05) is 47.0 Å². The molecule has 6 nitrogen and oxygen atoms in total. The number of imidazole rings is 1. The van der Waals surface area contributed by atoms with Gasteiger partial charge in [-0.05, 0) is 30.5 Å². The predicted molar refractivity (Wildman–Crippen MR) is 109 cm³/mol. The molecule has 0 aliphatic carbocycles. The molecule has 0 bridgehead atoms. The predicted octanol–water partition coefficient (Wildman–Crippen LogP) is 3.24. The van der Waals surface area contributed by atoms with Crippen molar-refractivity contribution in [2.75, 3.05) is 6.54 Å². The van der Waals surface area contributed by atoms with Crippen LogP contribution in [0, 0.1) is 0 Å². The summed E-state index contributed by atoms with van der Waals surface area (Å²) in [6.07, 6.45) is 6.76. The van der Waals surface area contributed by atoms with Crippen molar-refractivity contribution in [3.63, 3.8) is 0 Å². The average molecular weight is 371 g/mol. The molecule has 2 aromatic heterocycles. The first-order valence-electron chi connectivity index (χ1n) is 9.33. The van der Waals surface area contributed by atoms with Gasteiger partial charge in [0.2, 0.25) is 5.91 Å². The standard InChI is InChI=1S/C22H21N5O/c28-21(25-12-6-9-17-7-2-1-3-8-17)16-27-20-11-5-4-10-18(20)26-22(27)19-15-23-13-14-24-19/h1-5,7-8,10-11,13-15H,6,9,12,16H2,(H,25,28). The molecule has 1 N–H and O–H groups in total. The van der Waals surface area contributed by atoms with Gasteiger partial charge in [-0.2, -0.15) is 0 Å². The van der Waals surface area contributed by atoms with Gasteiger partial charge in [-0.15, -0.1) is 0 Å². The van der Waals surface area contributed by atoms with Gasteiger partial charge in [0, 0.05) is 18.9 Å². The van der Waals surface area contributed by atoms with E-state index in [0.29, 0.717) is 18.1 Å². The van der Waals surface area contributed by atoms with Gasteiger partial charge in [-0.3, -0.25) is 9.78 Å². The maximum absolute atomic E-state index is 12.6. The van der Waals surface area contributed by atoms with Crippen molar-refractivity contribution in [2.45, 2.75) is 19.4 Å². The average Bonchev–Trinajstić information content (AvgIpc) is 3.11. The number of hydrogen-bond donors (Lipinski definition) is 1. The van der Waals surface area contributed by atoms with E-state index in [4.69, 9.17) is 0 Å². The molecular weight excluding hydrogens is 350 g/mol. The molecule has 0 saturated heterocycles. The number of amides is 1. The number of fused-ring (bicyclic) bond motifs is 1. The minimum atomic E-state index is -0.0404. The lowest BCUT2D eigenvalue weighted by molar-refractivity contribution is -0.121. The molecule has 0 unspecified atom stereocenters. The number of hydrogen-bond acceptors (Lipinski definition) is 4. The van der Waals surface area contributed by atoms with Crippen LogP contribution in [0.3, 0.4) is 0 Å². The smallest absolute Gasteiger partial charge is 0.240 e. The Morgan fingerprint density at radius 2 is 1.82 bits per heavy atom. The second-order valence-electron chi connectivity index (χ2n) is 6.54. The molecule has 140 valence electrons. The summed E-state index contributed by atoms with van der Waals surface area (Å²) in [6.45, 7) is 0.832. The lowest BCUT2D eigenvalue weighted by Crippen LogP contribution is -2.29. The first kappa shape index (κ1) is 17.9. The van der Waals surface area contributed by atoms with Crippen molar-refractivity contribution in [1.82, 2.24) is 24.8 Å². The zero-order valence-corrected chi connectivity index (χ0v) is 15.5. The summed E-state index contributed by atoms with van der Waals surface area (Å²) in [7, 11) is 0. The number of nitrogens with one attached hydrogen (secondary N) is 1. The summed E-state index contributed by atoms with van der Waals surface area (Å²) in [6, 6.07) is 18.1. The van der Waals surface area contributed by atoms with Gasteiger partial charge in [0.1, 0.15) is 12.2 Å². The highest BCUT2D eigenvalue weighted by molar-refractivity contribution is 5.84. The minimum Gasteiger partial charge on any atom is -0.355 e. The van der Waals surface area contributed by atoms with E-state index in [1.54, 1.807) is 18.6 Å². The normalized spacial score (nSPS) is 10.9. The first-order chi connectivity index (χ1) is 13.8. The van der Waals surface area contributed by atoms with Crippen molar-refractivity contribution < 1.29 is 4.79 Å². The van der Waals surface area contributed by atoms with Crippen molar-refractivity contribution in [3.05, 3.63) is 78.8 Å². The highest BCUT2D eigenvalue weighted by Gasteiger charge is 2.15. The molecular formula is C22H21N5O. The number of carbonyl (C=O) groups is 1. The lowest BCUT2D eigenvalue weighted by Gasteiger charge is -2.10. The van der Waals surface area contributed by atoms with Crippen LogP contribution in [-0.4, -0.2) is 32.0 Å². The van der Waals surface area contributed by atoms with E-state index in [0.717, 1.165) is 23.9 Å². The van der Waals surface area contributed by atoms with Crippen molar-refractivity contribution >= 4 is 16.9 Å². The first-order valence-corrected chi connectivity index (χ1v) is 9.33. The van der Waals surface area contributed by atoms with Gasteiger partial charge in [0.25, 0.3) is 0 Å². The molecule has 0 saturated carbocycles. The van der Waals surface area contributed by atoms with Gasteiger partial charge in [-0.1, -0.05) is 42.5 Å². The summed E-state index contributed by atoms with van der Waals surface area (Å²) in [5, 5.41) is 3.01. The Hall–Kier alpha value is -3.54. The molecule has 0 aliphatic heterocycles. The third-order valence-corrected chi connectivity index (χ3v) is 4.56. The minimum absolute atomic E-state index is 0.0404. The van der Waals surface area contributed by atoms with E-state index in [9.17, 15) is 4.79 Å². The van der Waals surface area contributed by atoms with Gasteiger partial charge < -0.3 is 9.88 Å². The molecule has 2 heterocycles. The van der Waals surface area contributed by atoms with Gasteiger partial charge in [0.15, 0.2) is 5.82 Å². The number of aromatic nitrogens is 4. The van der Waals surface area contributed by atoms with Crippen LogP contribution >= 0.6 is 0 Å². The van der Waals surface area contributed by atoms with E-state index >= 15 is 0 Å². The second-order valence-corrected chi connectivity index (χ2v) is 6.54. The van der Waals surface area contributed by atoms with E-state index < -0.39 is 0 Å². The van der Waals surface area contributed by atoms with Crippen molar-refractivity contribution in [1.29, 1.82) is 0 Å². The van der Waals surface area contributed by atoms with E-state index in [2.05, 4.69) is 32.4 Å².